The number of aliphatic hydroxyl groups excluding tert-OH is 1. The molecule has 0 atom stereocenters. The molecule has 6 nitrogen and oxygen atoms in total. The van der Waals surface area contributed by atoms with Crippen molar-refractivity contribution in [2.24, 2.45) is 0 Å². The molecule has 0 saturated heterocycles. The third-order valence-electron chi connectivity index (χ3n) is 2.78. The summed E-state index contributed by atoms with van der Waals surface area (Å²) < 4.78 is 5.14. The molecule has 0 bridgehead atoms. The number of rotatable bonds is 6. The summed E-state index contributed by atoms with van der Waals surface area (Å²) in [7, 11) is 1.63. The molecule has 0 saturated carbocycles. The Morgan fingerprint density at radius 3 is 2.60 bits per heavy atom. The van der Waals surface area contributed by atoms with Crippen molar-refractivity contribution in [3.05, 3.63) is 30.1 Å². The van der Waals surface area contributed by atoms with E-state index >= 15 is 0 Å². The number of aliphatic hydroxyl groups is 1. The molecule has 0 fully saturated rings. The summed E-state index contributed by atoms with van der Waals surface area (Å²) in [5.41, 5.74) is 1.61. The quantitative estimate of drug-likeness (QED) is 0.780. The van der Waals surface area contributed by atoms with E-state index in [1.165, 1.54) is 0 Å². The van der Waals surface area contributed by atoms with Gasteiger partial charge in [-0.05, 0) is 37.6 Å². The molecule has 1 heterocycles. The fourth-order valence-corrected chi connectivity index (χ4v) is 1.76. The monoisotopic (exact) mass is 274 g/mol. The molecule has 106 valence electrons. The van der Waals surface area contributed by atoms with Gasteiger partial charge in [-0.15, -0.1) is 10.2 Å². The second-order valence-electron chi connectivity index (χ2n) is 4.29. The molecule has 0 aliphatic heterocycles. The lowest BCUT2D eigenvalue weighted by Crippen LogP contribution is -2.09. The van der Waals surface area contributed by atoms with Crippen molar-refractivity contribution < 1.29 is 9.84 Å². The smallest absolute Gasteiger partial charge is 0.156 e. The van der Waals surface area contributed by atoms with E-state index in [2.05, 4.69) is 20.5 Å². The normalized spacial score (nSPS) is 10.3. The number of nitrogens with one attached hydrogen (secondary N) is 1. The van der Waals surface area contributed by atoms with E-state index in [9.17, 15) is 0 Å². The molecule has 20 heavy (non-hydrogen) atoms. The Morgan fingerprint density at radius 1 is 1.20 bits per heavy atom. The lowest BCUT2D eigenvalue weighted by molar-refractivity contribution is 0.292. The SMILES string of the molecule is COc1ccc(-c2nnc(C)nc2NCCCO)cc1. The summed E-state index contributed by atoms with van der Waals surface area (Å²) in [4.78, 5) is 4.37. The van der Waals surface area contributed by atoms with Crippen LogP contribution in [0.15, 0.2) is 24.3 Å². The zero-order chi connectivity index (χ0) is 14.4. The van der Waals surface area contributed by atoms with Crippen molar-refractivity contribution in [2.45, 2.75) is 13.3 Å². The molecule has 0 radical (unpaired) electrons. The Kier molecular flexibility index (Phi) is 4.84. The number of methoxy groups -OCH3 is 1. The molecule has 1 aromatic heterocycles. The Labute approximate surface area is 117 Å². The van der Waals surface area contributed by atoms with Crippen molar-refractivity contribution in [1.82, 2.24) is 15.2 Å². The van der Waals surface area contributed by atoms with Crippen molar-refractivity contribution in [2.75, 3.05) is 25.6 Å². The van der Waals surface area contributed by atoms with Gasteiger partial charge < -0.3 is 15.2 Å². The first-order valence-corrected chi connectivity index (χ1v) is 6.45. The Bertz CT molecular complexity index is 558. The van der Waals surface area contributed by atoms with E-state index in [1.807, 2.05) is 24.3 Å². The van der Waals surface area contributed by atoms with Crippen LogP contribution < -0.4 is 10.1 Å². The first-order chi connectivity index (χ1) is 9.74. The largest absolute Gasteiger partial charge is 0.497 e. The second-order valence-corrected chi connectivity index (χ2v) is 4.29. The predicted octanol–water partition coefficient (Wildman–Crippen LogP) is 1.65. The van der Waals surface area contributed by atoms with Gasteiger partial charge in [-0.2, -0.15) is 0 Å². The van der Waals surface area contributed by atoms with Gasteiger partial charge in [-0.1, -0.05) is 0 Å². The van der Waals surface area contributed by atoms with E-state index in [0.717, 1.165) is 11.3 Å². The molecule has 0 aliphatic carbocycles. The molecule has 2 N–H and O–H groups in total. The minimum absolute atomic E-state index is 0.141. The van der Waals surface area contributed by atoms with Crippen molar-refractivity contribution in [3.63, 3.8) is 0 Å². The van der Waals surface area contributed by atoms with E-state index in [0.29, 0.717) is 30.3 Å². The molecule has 0 aliphatic rings. The Morgan fingerprint density at radius 2 is 1.95 bits per heavy atom. The van der Waals surface area contributed by atoms with Crippen LogP contribution in [0, 0.1) is 6.92 Å². The Balaban J connectivity index is 2.28. The average Bonchev–Trinajstić information content (AvgIpc) is 2.48. The fourth-order valence-electron chi connectivity index (χ4n) is 1.76. The van der Waals surface area contributed by atoms with E-state index in [1.54, 1.807) is 14.0 Å². The van der Waals surface area contributed by atoms with E-state index in [-0.39, 0.29) is 6.61 Å². The standard InChI is InChI=1S/C14H18N4O2/c1-10-16-14(15-8-3-9-19)13(18-17-10)11-4-6-12(20-2)7-5-11/h4-7,19H,3,8-9H2,1-2H3,(H,15,16,17). The van der Waals surface area contributed by atoms with Gasteiger partial charge in [0.25, 0.3) is 0 Å². The average molecular weight is 274 g/mol. The molecular formula is C14H18N4O2. The van der Waals surface area contributed by atoms with Crippen LogP contribution >= 0.6 is 0 Å². The summed E-state index contributed by atoms with van der Waals surface area (Å²) >= 11 is 0. The van der Waals surface area contributed by atoms with Gasteiger partial charge in [0.1, 0.15) is 17.3 Å². The maximum atomic E-state index is 8.84. The second kappa shape index (κ2) is 6.81. The molecule has 0 unspecified atom stereocenters. The number of aromatic nitrogens is 3. The number of ether oxygens (including phenoxy) is 1. The number of hydrogen-bond donors (Lipinski definition) is 2. The van der Waals surface area contributed by atoms with Gasteiger partial charge in [-0.25, -0.2) is 4.98 Å². The topological polar surface area (TPSA) is 80.2 Å². The first kappa shape index (κ1) is 14.2. The minimum atomic E-state index is 0.141. The van der Waals surface area contributed by atoms with Crippen LogP contribution in [0.4, 0.5) is 5.82 Å². The predicted molar refractivity (Wildman–Crippen MR) is 76.7 cm³/mol. The van der Waals surface area contributed by atoms with Gasteiger partial charge in [0.15, 0.2) is 5.82 Å². The third kappa shape index (κ3) is 3.42. The van der Waals surface area contributed by atoms with Crippen molar-refractivity contribution in [1.29, 1.82) is 0 Å². The molecule has 0 amide bonds. The van der Waals surface area contributed by atoms with E-state index in [4.69, 9.17) is 9.84 Å². The van der Waals surface area contributed by atoms with Gasteiger partial charge in [0.05, 0.1) is 7.11 Å². The van der Waals surface area contributed by atoms with Crippen LogP contribution in [-0.4, -0.2) is 40.5 Å². The zero-order valence-electron chi connectivity index (χ0n) is 11.6. The summed E-state index contributed by atoms with van der Waals surface area (Å²) in [5.74, 6) is 2.07. The maximum Gasteiger partial charge on any atom is 0.156 e. The number of benzene rings is 1. The highest BCUT2D eigenvalue weighted by Crippen LogP contribution is 2.25. The van der Waals surface area contributed by atoms with Crippen LogP contribution in [0.1, 0.15) is 12.2 Å². The zero-order valence-corrected chi connectivity index (χ0v) is 11.6. The molecule has 6 heteroatoms. The number of hydrogen-bond acceptors (Lipinski definition) is 6. The summed E-state index contributed by atoms with van der Waals surface area (Å²) in [6, 6.07) is 7.57. The summed E-state index contributed by atoms with van der Waals surface area (Å²) in [6.45, 7) is 2.57. The highest BCUT2D eigenvalue weighted by atomic mass is 16.5. The Hall–Kier alpha value is -2.21. The van der Waals surface area contributed by atoms with Crippen LogP contribution in [0.3, 0.4) is 0 Å². The van der Waals surface area contributed by atoms with Crippen molar-refractivity contribution in [3.8, 4) is 17.0 Å². The molecule has 2 rings (SSSR count). The molecular weight excluding hydrogens is 256 g/mol. The molecule has 0 spiro atoms. The van der Waals surface area contributed by atoms with Crippen LogP contribution in [0.2, 0.25) is 0 Å². The fraction of sp³-hybridized carbons (Fsp3) is 0.357. The van der Waals surface area contributed by atoms with Gasteiger partial charge >= 0.3 is 0 Å². The lowest BCUT2D eigenvalue weighted by Gasteiger charge is -2.10. The lowest BCUT2D eigenvalue weighted by atomic mass is 10.1. The summed E-state index contributed by atoms with van der Waals surface area (Å²) in [5, 5.41) is 20.2. The maximum absolute atomic E-state index is 8.84. The number of anilines is 1. The van der Waals surface area contributed by atoms with Gasteiger partial charge in [-0.3, -0.25) is 0 Å². The minimum Gasteiger partial charge on any atom is -0.497 e. The van der Waals surface area contributed by atoms with Crippen LogP contribution in [0.5, 0.6) is 5.75 Å². The first-order valence-electron chi connectivity index (χ1n) is 6.45. The van der Waals surface area contributed by atoms with Gasteiger partial charge in [0, 0.05) is 18.7 Å². The van der Waals surface area contributed by atoms with E-state index < -0.39 is 0 Å². The highest BCUT2D eigenvalue weighted by Gasteiger charge is 2.10. The number of nitrogens with zero attached hydrogens (tertiary/aromatic N) is 3. The van der Waals surface area contributed by atoms with Crippen molar-refractivity contribution >= 4 is 5.82 Å². The molecule has 2 aromatic rings. The number of aryl methyl sites for hydroxylation is 1. The van der Waals surface area contributed by atoms with Gasteiger partial charge in [0.2, 0.25) is 0 Å². The highest BCUT2D eigenvalue weighted by molar-refractivity contribution is 5.71. The van der Waals surface area contributed by atoms with Crippen LogP contribution in [0.25, 0.3) is 11.3 Å². The molecule has 1 aromatic carbocycles. The summed E-state index contributed by atoms with van der Waals surface area (Å²) in [6.07, 6.45) is 0.658. The third-order valence-corrected chi connectivity index (χ3v) is 2.78. The van der Waals surface area contributed by atoms with Crippen LogP contribution in [-0.2, 0) is 0 Å².